The van der Waals surface area contributed by atoms with Crippen LogP contribution in [0.15, 0.2) is 28.7 Å². The highest BCUT2D eigenvalue weighted by Gasteiger charge is 2.16. The summed E-state index contributed by atoms with van der Waals surface area (Å²) in [4.78, 5) is 19.0. The molecule has 1 saturated heterocycles. The van der Waals surface area contributed by atoms with Gasteiger partial charge in [-0.1, -0.05) is 6.07 Å². The second-order valence-corrected chi connectivity index (χ2v) is 6.23. The fourth-order valence-corrected chi connectivity index (χ4v) is 2.86. The normalized spacial score (nSPS) is 15.0. The molecule has 1 fully saturated rings. The van der Waals surface area contributed by atoms with Crippen LogP contribution in [0.1, 0.15) is 11.5 Å². The maximum atomic E-state index is 12.2. The van der Waals surface area contributed by atoms with Crippen LogP contribution in [0.25, 0.3) is 11.5 Å². The summed E-state index contributed by atoms with van der Waals surface area (Å²) in [5, 5.41) is 2.95. The van der Waals surface area contributed by atoms with Gasteiger partial charge in [-0.25, -0.2) is 4.98 Å². The molecule has 0 spiro atoms. The van der Waals surface area contributed by atoms with Gasteiger partial charge in [-0.15, -0.1) is 0 Å². The number of benzene rings is 1. The van der Waals surface area contributed by atoms with Gasteiger partial charge < -0.3 is 19.2 Å². The highest BCUT2D eigenvalue weighted by Crippen LogP contribution is 2.25. The van der Waals surface area contributed by atoms with Crippen LogP contribution in [0.3, 0.4) is 0 Å². The van der Waals surface area contributed by atoms with E-state index in [-0.39, 0.29) is 12.3 Å². The first kappa shape index (κ1) is 18.4. The number of oxazole rings is 1. The number of carbonyl (C=O) groups is 1. The van der Waals surface area contributed by atoms with Gasteiger partial charge >= 0.3 is 0 Å². The molecule has 0 aliphatic carbocycles. The van der Waals surface area contributed by atoms with E-state index >= 15 is 0 Å². The summed E-state index contributed by atoms with van der Waals surface area (Å²) in [5.74, 6) is 1.84. The van der Waals surface area contributed by atoms with Gasteiger partial charge in [0.15, 0.2) is 0 Å². The Kier molecular flexibility index (Phi) is 6.25. The third-order valence-corrected chi connectivity index (χ3v) is 4.39. The van der Waals surface area contributed by atoms with Gasteiger partial charge in [0.1, 0.15) is 11.5 Å². The van der Waals surface area contributed by atoms with Gasteiger partial charge in [0, 0.05) is 31.7 Å². The number of methoxy groups -OCH3 is 1. The minimum absolute atomic E-state index is 0.0492. The van der Waals surface area contributed by atoms with Crippen LogP contribution < -0.4 is 10.1 Å². The summed E-state index contributed by atoms with van der Waals surface area (Å²) < 4.78 is 16.3. The molecule has 2 aromatic rings. The van der Waals surface area contributed by atoms with Gasteiger partial charge in [-0.05, 0) is 25.1 Å². The minimum Gasteiger partial charge on any atom is -0.497 e. The highest BCUT2D eigenvalue weighted by atomic mass is 16.5. The second-order valence-electron chi connectivity index (χ2n) is 6.23. The van der Waals surface area contributed by atoms with Crippen molar-refractivity contribution < 1.29 is 18.7 Å². The Morgan fingerprint density at radius 1 is 1.35 bits per heavy atom. The first-order valence-electron chi connectivity index (χ1n) is 8.83. The average Bonchev–Trinajstić information content (AvgIpc) is 3.03. The number of aromatic nitrogens is 1. The molecule has 1 aromatic heterocycles. The number of ether oxygens (including phenoxy) is 2. The number of amides is 1. The lowest BCUT2D eigenvalue weighted by atomic mass is 10.2. The topological polar surface area (TPSA) is 76.8 Å². The molecular weight excluding hydrogens is 334 g/mol. The van der Waals surface area contributed by atoms with Crippen LogP contribution >= 0.6 is 0 Å². The highest BCUT2D eigenvalue weighted by molar-refractivity contribution is 5.78. The third kappa shape index (κ3) is 4.83. The Labute approximate surface area is 153 Å². The number of carbonyl (C=O) groups excluding carboxylic acids is 1. The Morgan fingerprint density at radius 3 is 2.92 bits per heavy atom. The molecule has 2 heterocycles. The molecule has 0 bridgehead atoms. The van der Waals surface area contributed by atoms with Crippen LogP contribution in [0, 0.1) is 6.92 Å². The van der Waals surface area contributed by atoms with E-state index in [1.165, 1.54) is 0 Å². The maximum absolute atomic E-state index is 12.2. The number of aryl methyl sites for hydroxylation is 1. The first-order chi connectivity index (χ1) is 12.7. The fourth-order valence-electron chi connectivity index (χ4n) is 2.86. The summed E-state index contributed by atoms with van der Waals surface area (Å²) >= 11 is 0. The molecule has 0 saturated carbocycles. The third-order valence-electron chi connectivity index (χ3n) is 4.39. The lowest BCUT2D eigenvalue weighted by Gasteiger charge is -2.26. The smallest absolute Gasteiger partial charge is 0.226 e. The summed E-state index contributed by atoms with van der Waals surface area (Å²) in [5.41, 5.74) is 1.48. The number of rotatable bonds is 7. The van der Waals surface area contributed by atoms with Crippen LogP contribution in [-0.4, -0.2) is 62.3 Å². The monoisotopic (exact) mass is 359 g/mol. The van der Waals surface area contributed by atoms with Crippen LogP contribution in [0.4, 0.5) is 0 Å². The Morgan fingerprint density at radius 2 is 2.15 bits per heavy atom. The second kappa shape index (κ2) is 8.82. The average molecular weight is 359 g/mol. The van der Waals surface area contributed by atoms with Gasteiger partial charge in [0.05, 0.1) is 32.4 Å². The van der Waals surface area contributed by atoms with Crippen molar-refractivity contribution in [3.63, 3.8) is 0 Å². The molecule has 1 amide bonds. The molecule has 3 rings (SSSR count). The molecule has 140 valence electrons. The van der Waals surface area contributed by atoms with Crippen molar-refractivity contribution >= 4 is 5.91 Å². The molecule has 1 N–H and O–H groups in total. The zero-order valence-corrected chi connectivity index (χ0v) is 15.3. The lowest BCUT2D eigenvalue weighted by Crippen LogP contribution is -2.41. The largest absolute Gasteiger partial charge is 0.497 e. The van der Waals surface area contributed by atoms with E-state index in [9.17, 15) is 4.79 Å². The van der Waals surface area contributed by atoms with E-state index in [0.29, 0.717) is 23.9 Å². The SMILES string of the molecule is COc1cccc(-c2nc(CC(=O)NCCN3CCOCC3)c(C)o2)c1. The number of nitrogens with zero attached hydrogens (tertiary/aromatic N) is 2. The van der Waals surface area contributed by atoms with E-state index in [1.807, 2.05) is 31.2 Å². The first-order valence-corrected chi connectivity index (χ1v) is 8.83. The number of nitrogens with one attached hydrogen (secondary N) is 1. The zero-order chi connectivity index (χ0) is 18.4. The predicted octanol–water partition coefficient (Wildman–Crippen LogP) is 1.65. The Hall–Kier alpha value is -2.38. The van der Waals surface area contributed by atoms with Crippen molar-refractivity contribution in [3.05, 3.63) is 35.7 Å². The van der Waals surface area contributed by atoms with E-state index < -0.39 is 0 Å². The van der Waals surface area contributed by atoms with Gasteiger partial charge in [0.2, 0.25) is 11.8 Å². The van der Waals surface area contributed by atoms with E-state index in [1.54, 1.807) is 7.11 Å². The standard InChI is InChI=1S/C19H25N3O4/c1-14-17(13-18(23)20-6-7-22-8-10-25-11-9-22)21-19(26-14)15-4-3-5-16(12-15)24-2/h3-5,12H,6-11,13H2,1-2H3,(H,20,23). The molecule has 1 aliphatic rings. The Bertz CT molecular complexity index is 738. The van der Waals surface area contributed by atoms with Crippen LogP contribution in [0.5, 0.6) is 5.75 Å². The molecule has 0 radical (unpaired) electrons. The van der Waals surface area contributed by atoms with E-state index in [0.717, 1.165) is 44.2 Å². The summed E-state index contributed by atoms with van der Waals surface area (Å²) in [6, 6.07) is 7.51. The molecule has 0 unspecified atom stereocenters. The minimum atomic E-state index is -0.0492. The molecular formula is C19H25N3O4. The zero-order valence-electron chi connectivity index (χ0n) is 15.3. The van der Waals surface area contributed by atoms with Gasteiger partial charge in [-0.2, -0.15) is 0 Å². The summed E-state index contributed by atoms with van der Waals surface area (Å²) in [7, 11) is 1.62. The number of morpholine rings is 1. The van der Waals surface area contributed by atoms with Gasteiger partial charge in [-0.3, -0.25) is 9.69 Å². The fraction of sp³-hybridized carbons (Fsp3) is 0.474. The number of hydrogen-bond acceptors (Lipinski definition) is 6. The quantitative estimate of drug-likeness (QED) is 0.810. The van der Waals surface area contributed by atoms with Crippen molar-refractivity contribution in [2.45, 2.75) is 13.3 Å². The lowest BCUT2D eigenvalue weighted by molar-refractivity contribution is -0.120. The van der Waals surface area contributed by atoms with E-state index in [4.69, 9.17) is 13.9 Å². The summed E-state index contributed by atoms with van der Waals surface area (Å²) in [6.45, 7) is 6.65. The van der Waals surface area contributed by atoms with Crippen molar-refractivity contribution in [1.82, 2.24) is 15.2 Å². The maximum Gasteiger partial charge on any atom is 0.226 e. The van der Waals surface area contributed by atoms with Crippen molar-refractivity contribution in [2.24, 2.45) is 0 Å². The molecule has 1 aromatic carbocycles. The molecule has 7 nitrogen and oxygen atoms in total. The molecule has 0 atom stereocenters. The van der Waals surface area contributed by atoms with Crippen LogP contribution in [0.2, 0.25) is 0 Å². The van der Waals surface area contributed by atoms with Crippen molar-refractivity contribution in [1.29, 1.82) is 0 Å². The molecule has 1 aliphatic heterocycles. The van der Waals surface area contributed by atoms with E-state index in [2.05, 4.69) is 15.2 Å². The molecule has 26 heavy (non-hydrogen) atoms. The van der Waals surface area contributed by atoms with Gasteiger partial charge in [0.25, 0.3) is 0 Å². The Balaban J connectivity index is 1.54. The molecule has 7 heteroatoms. The van der Waals surface area contributed by atoms with Crippen molar-refractivity contribution in [3.8, 4) is 17.2 Å². The number of hydrogen-bond donors (Lipinski definition) is 1. The van der Waals surface area contributed by atoms with Crippen molar-refractivity contribution in [2.75, 3.05) is 46.5 Å². The predicted molar refractivity (Wildman–Crippen MR) is 97.2 cm³/mol. The summed E-state index contributed by atoms with van der Waals surface area (Å²) in [6.07, 6.45) is 0.211. The van der Waals surface area contributed by atoms with Crippen LogP contribution in [-0.2, 0) is 16.0 Å².